The molecule has 0 amide bonds. The minimum absolute atomic E-state index is 0.237. The van der Waals surface area contributed by atoms with Crippen LogP contribution in [0.15, 0.2) is 18.2 Å². The van der Waals surface area contributed by atoms with E-state index in [1.54, 1.807) is 0 Å². The lowest BCUT2D eigenvalue weighted by molar-refractivity contribution is -0.139. The first-order chi connectivity index (χ1) is 8.54. The van der Waals surface area contributed by atoms with Crippen molar-refractivity contribution in [3.8, 4) is 0 Å². The molecule has 1 aliphatic heterocycles. The van der Waals surface area contributed by atoms with E-state index in [0.29, 0.717) is 18.1 Å². The van der Waals surface area contributed by atoms with E-state index < -0.39 is 0 Å². The summed E-state index contributed by atoms with van der Waals surface area (Å²) in [6.07, 6.45) is 0.660. The Labute approximate surface area is 112 Å². The highest BCUT2D eigenvalue weighted by molar-refractivity contribution is 7.80. The summed E-state index contributed by atoms with van der Waals surface area (Å²) in [7, 11) is 0. The summed E-state index contributed by atoms with van der Waals surface area (Å²) in [6, 6.07) is 5.79. The zero-order valence-electron chi connectivity index (χ0n) is 10.4. The first-order valence-electron chi connectivity index (χ1n) is 5.87. The number of ether oxygens (including phenoxy) is 1. The molecule has 1 aromatic rings. The number of benzene rings is 1. The zero-order chi connectivity index (χ0) is 13.1. The van der Waals surface area contributed by atoms with Crippen molar-refractivity contribution in [1.29, 1.82) is 0 Å². The van der Waals surface area contributed by atoms with Crippen LogP contribution in [-0.4, -0.2) is 23.7 Å². The Morgan fingerprint density at radius 1 is 1.33 bits per heavy atom. The third-order valence-corrected chi connectivity index (χ3v) is 2.94. The van der Waals surface area contributed by atoms with Crippen LogP contribution in [0.2, 0.25) is 0 Å². The molecule has 2 N–H and O–H groups in total. The van der Waals surface area contributed by atoms with Crippen LogP contribution in [0, 0.1) is 13.8 Å². The van der Waals surface area contributed by atoms with Crippen molar-refractivity contribution in [2.45, 2.75) is 26.3 Å². The molecule has 5 heteroatoms. The molecule has 0 aromatic heterocycles. The Morgan fingerprint density at radius 2 is 2.00 bits per heavy atom. The van der Waals surface area contributed by atoms with Crippen LogP contribution in [-0.2, 0) is 9.53 Å². The number of hydrogen-bond acceptors (Lipinski definition) is 3. The molecule has 1 atom stereocenters. The average molecular weight is 264 g/mol. The van der Waals surface area contributed by atoms with Gasteiger partial charge in [0.05, 0.1) is 6.61 Å². The van der Waals surface area contributed by atoms with Crippen LogP contribution in [0.3, 0.4) is 0 Å². The van der Waals surface area contributed by atoms with Crippen molar-refractivity contribution in [3.05, 3.63) is 29.3 Å². The molecule has 0 unspecified atom stereocenters. The second-order valence-electron chi connectivity index (χ2n) is 4.48. The van der Waals surface area contributed by atoms with Gasteiger partial charge in [-0.15, -0.1) is 0 Å². The Kier molecular flexibility index (Phi) is 3.81. The maximum Gasteiger partial charge on any atom is 0.328 e. The first kappa shape index (κ1) is 12.8. The van der Waals surface area contributed by atoms with Crippen molar-refractivity contribution in [2.24, 2.45) is 0 Å². The fraction of sp³-hybridized carbons (Fsp3) is 0.385. The van der Waals surface area contributed by atoms with Gasteiger partial charge in [0, 0.05) is 12.1 Å². The van der Waals surface area contributed by atoms with E-state index in [2.05, 4.69) is 16.7 Å². The molecule has 1 saturated heterocycles. The van der Waals surface area contributed by atoms with Gasteiger partial charge in [-0.2, -0.15) is 0 Å². The second-order valence-corrected chi connectivity index (χ2v) is 4.89. The number of esters is 1. The van der Waals surface area contributed by atoms with Crippen LogP contribution in [0.5, 0.6) is 0 Å². The lowest BCUT2D eigenvalue weighted by Crippen LogP contribution is -2.40. The molecule has 0 aliphatic carbocycles. The minimum atomic E-state index is -0.323. The van der Waals surface area contributed by atoms with Gasteiger partial charge >= 0.3 is 5.97 Å². The highest BCUT2D eigenvalue weighted by atomic mass is 32.1. The van der Waals surface area contributed by atoms with Gasteiger partial charge < -0.3 is 15.4 Å². The number of carbonyl (C=O) groups is 1. The second kappa shape index (κ2) is 5.35. The van der Waals surface area contributed by atoms with Gasteiger partial charge in [-0.3, -0.25) is 0 Å². The summed E-state index contributed by atoms with van der Waals surface area (Å²) in [5, 5.41) is 6.49. The SMILES string of the molecule is Cc1cc(C)cc(NC(=S)N[C@H]2CCOC2=O)c1. The number of anilines is 1. The molecule has 0 spiro atoms. The molecule has 1 heterocycles. The minimum Gasteiger partial charge on any atom is -0.464 e. The predicted octanol–water partition coefficient (Wildman–Crippen LogP) is 1.91. The van der Waals surface area contributed by atoms with E-state index in [4.69, 9.17) is 17.0 Å². The largest absolute Gasteiger partial charge is 0.464 e. The number of nitrogens with one attached hydrogen (secondary N) is 2. The third kappa shape index (κ3) is 3.20. The smallest absolute Gasteiger partial charge is 0.328 e. The molecule has 1 aromatic carbocycles. The van der Waals surface area contributed by atoms with E-state index in [1.165, 1.54) is 11.1 Å². The monoisotopic (exact) mass is 264 g/mol. The molecule has 1 aliphatic rings. The van der Waals surface area contributed by atoms with Crippen LogP contribution >= 0.6 is 12.2 Å². The summed E-state index contributed by atoms with van der Waals surface area (Å²) in [6.45, 7) is 4.52. The van der Waals surface area contributed by atoms with E-state index in [-0.39, 0.29) is 12.0 Å². The number of rotatable bonds is 2. The molecule has 96 valence electrons. The van der Waals surface area contributed by atoms with Crippen LogP contribution in [0.4, 0.5) is 5.69 Å². The maximum absolute atomic E-state index is 11.3. The maximum atomic E-state index is 11.3. The summed E-state index contributed by atoms with van der Waals surface area (Å²) < 4.78 is 4.87. The number of thiocarbonyl (C=S) groups is 1. The molecule has 0 radical (unpaired) electrons. The van der Waals surface area contributed by atoms with E-state index >= 15 is 0 Å². The summed E-state index contributed by atoms with van der Waals surface area (Å²) >= 11 is 5.18. The quantitative estimate of drug-likeness (QED) is 0.631. The molecule has 2 rings (SSSR count). The third-order valence-electron chi connectivity index (χ3n) is 2.72. The highest BCUT2D eigenvalue weighted by Gasteiger charge is 2.26. The predicted molar refractivity (Wildman–Crippen MR) is 74.6 cm³/mol. The molecule has 4 nitrogen and oxygen atoms in total. The molecule has 18 heavy (non-hydrogen) atoms. The van der Waals surface area contributed by atoms with Crippen molar-refractivity contribution in [3.63, 3.8) is 0 Å². The lowest BCUT2D eigenvalue weighted by Gasteiger charge is -2.14. The van der Waals surface area contributed by atoms with E-state index in [1.807, 2.05) is 26.0 Å². The zero-order valence-corrected chi connectivity index (χ0v) is 11.3. The molecule has 1 fully saturated rings. The van der Waals surface area contributed by atoms with Gasteiger partial charge in [-0.1, -0.05) is 6.07 Å². The standard InChI is InChI=1S/C13H16N2O2S/c1-8-5-9(2)7-10(6-8)14-13(18)15-11-3-4-17-12(11)16/h5-7,11H,3-4H2,1-2H3,(H2,14,15,18)/t11-/m0/s1. The van der Waals surface area contributed by atoms with Gasteiger partial charge in [-0.05, 0) is 49.3 Å². The number of carbonyl (C=O) groups excluding carboxylic acids is 1. The van der Waals surface area contributed by atoms with Crippen molar-refractivity contribution >= 4 is 29.0 Å². The van der Waals surface area contributed by atoms with Crippen LogP contribution < -0.4 is 10.6 Å². The molecular weight excluding hydrogens is 248 g/mol. The first-order valence-corrected chi connectivity index (χ1v) is 6.28. The van der Waals surface area contributed by atoms with Crippen LogP contribution in [0.1, 0.15) is 17.5 Å². The van der Waals surface area contributed by atoms with Crippen molar-refractivity contribution in [2.75, 3.05) is 11.9 Å². The Morgan fingerprint density at radius 3 is 2.56 bits per heavy atom. The van der Waals surface area contributed by atoms with Crippen molar-refractivity contribution < 1.29 is 9.53 Å². The molecular formula is C13H16N2O2S. The Balaban J connectivity index is 1.96. The summed E-state index contributed by atoms with van der Waals surface area (Å²) in [4.78, 5) is 11.3. The molecule has 0 bridgehead atoms. The molecule has 0 saturated carbocycles. The number of cyclic esters (lactones) is 1. The van der Waals surface area contributed by atoms with Crippen molar-refractivity contribution in [1.82, 2.24) is 5.32 Å². The highest BCUT2D eigenvalue weighted by Crippen LogP contribution is 2.14. The van der Waals surface area contributed by atoms with Gasteiger partial charge in [0.2, 0.25) is 0 Å². The normalized spacial score (nSPS) is 18.3. The van der Waals surface area contributed by atoms with E-state index in [0.717, 1.165) is 5.69 Å². The van der Waals surface area contributed by atoms with Gasteiger partial charge in [0.1, 0.15) is 6.04 Å². The number of hydrogen-bond donors (Lipinski definition) is 2. The fourth-order valence-electron chi connectivity index (χ4n) is 2.00. The Bertz CT molecular complexity index is 468. The van der Waals surface area contributed by atoms with Crippen LogP contribution in [0.25, 0.3) is 0 Å². The van der Waals surface area contributed by atoms with Gasteiger partial charge in [-0.25, -0.2) is 4.79 Å². The topological polar surface area (TPSA) is 50.4 Å². The lowest BCUT2D eigenvalue weighted by atomic mass is 10.1. The van der Waals surface area contributed by atoms with Gasteiger partial charge in [0.15, 0.2) is 5.11 Å². The van der Waals surface area contributed by atoms with E-state index in [9.17, 15) is 4.79 Å². The number of aryl methyl sites for hydroxylation is 2. The summed E-state index contributed by atoms with van der Waals surface area (Å²) in [5.74, 6) is -0.237. The Hall–Kier alpha value is -1.62. The summed E-state index contributed by atoms with van der Waals surface area (Å²) in [5.41, 5.74) is 3.26. The van der Waals surface area contributed by atoms with Gasteiger partial charge in [0.25, 0.3) is 0 Å². The average Bonchev–Trinajstić information content (AvgIpc) is 2.62. The fourth-order valence-corrected chi connectivity index (χ4v) is 2.26.